The van der Waals surface area contributed by atoms with Gasteiger partial charge in [0.05, 0.1) is 48.5 Å². The van der Waals surface area contributed by atoms with Crippen LogP contribution < -0.4 is 20.1 Å². The number of aromatic amines is 2. The van der Waals surface area contributed by atoms with Crippen molar-refractivity contribution >= 4 is 47.2 Å². The van der Waals surface area contributed by atoms with E-state index < -0.39 is 83.4 Å². The van der Waals surface area contributed by atoms with Crippen LogP contribution in [0.1, 0.15) is 127 Å². The van der Waals surface area contributed by atoms with Crippen LogP contribution in [0.2, 0.25) is 10.3 Å². The van der Waals surface area contributed by atoms with E-state index in [9.17, 15) is 45.5 Å². The maximum absolute atomic E-state index is 14.6. The number of alkyl halides is 6. The normalized spacial score (nSPS) is 23.8. The van der Waals surface area contributed by atoms with Crippen LogP contribution in [0.15, 0.2) is 24.3 Å². The number of carbonyl (C=O) groups is 4. The predicted molar refractivity (Wildman–Crippen MR) is 264 cm³/mol. The fourth-order valence-electron chi connectivity index (χ4n) is 12.5. The Bertz CT molecular complexity index is 2730. The number of imidazole rings is 2. The highest BCUT2D eigenvalue weighted by Gasteiger charge is 2.61. The number of methoxy groups -OCH3 is 2. The molecular weight excluding hydrogens is 1050 g/mol. The van der Waals surface area contributed by atoms with Crippen molar-refractivity contribution in [3.8, 4) is 45.1 Å². The standard InChI is InChI=1S/C52H58Cl2F6N8O8/c1-49(2,51(55,56)57)39(63-47(71)73-5)45(69)67-29-13-9-7-11-23(29)17-31(67)43-61-37(41(53)65-43)25-15-27-21-76-34-20-26(16-28-22-75-33(19-25)35(27)36(28)34)38-42(54)66-44(62-38)32-18-24-12-8-10-14-30(24)68(32)46(70)40(64-48(72)74-6)50(3,4)52(58,59)60/h15-16,19-20,23-24,29-32,39-40H,7-14,17-18,21-22H2,1-6H3,(H,61,65)(H,62,66)(H,63,71)(H,64,72)/t23-,24-,29-,30-,31-,32-,39+,40+/m0/s1. The summed E-state index contributed by atoms with van der Waals surface area (Å²) < 4.78 is 110. The number of alkyl carbamates (subject to hydrolysis) is 2. The van der Waals surface area contributed by atoms with Gasteiger partial charge in [-0.05, 0) is 102 Å². The molecule has 4 aliphatic heterocycles. The van der Waals surface area contributed by atoms with E-state index in [1.165, 1.54) is 9.80 Å². The lowest BCUT2D eigenvalue weighted by atomic mass is 9.81. The number of aromatic nitrogens is 4. The third kappa shape index (κ3) is 9.05. The number of nitrogens with one attached hydrogen (secondary N) is 4. The Labute approximate surface area is 443 Å². The van der Waals surface area contributed by atoms with Gasteiger partial charge >= 0.3 is 24.5 Å². The minimum Gasteiger partial charge on any atom is -0.488 e. The highest BCUT2D eigenvalue weighted by molar-refractivity contribution is 6.32. The molecule has 2 aliphatic carbocycles. The molecule has 0 spiro atoms. The van der Waals surface area contributed by atoms with Gasteiger partial charge in [0.2, 0.25) is 11.8 Å². The number of halogens is 8. The van der Waals surface area contributed by atoms with Crippen LogP contribution in [0, 0.1) is 22.7 Å². The van der Waals surface area contributed by atoms with Crippen molar-refractivity contribution in [2.75, 3.05) is 14.2 Å². The van der Waals surface area contributed by atoms with E-state index in [4.69, 9.17) is 32.7 Å². The Hall–Kier alpha value is -5.90. The molecule has 4 amide bonds. The van der Waals surface area contributed by atoms with Gasteiger partial charge in [-0.1, -0.05) is 48.9 Å². The quantitative estimate of drug-likeness (QED) is 0.111. The maximum Gasteiger partial charge on any atom is 0.407 e. The molecule has 4 N–H and O–H groups in total. The van der Waals surface area contributed by atoms with Crippen molar-refractivity contribution in [3.05, 3.63) is 57.3 Å². The SMILES string of the molecule is COC(=O)N[C@H](C(=O)N1[C@H](c2nc(Cl)c(-c3cc4c5c(c3)OCc3cc(-c6[nH]c([C@@H]7C[C@@H]8CCCC[C@@H]8N7C(=O)[C@@H](NC(=O)OC)C(C)(C)C(F)(F)F)nc6Cl)cc(c3-5)OC4)[nH]2)C[C@@H]2CCCC[C@@H]21)C(C)(C)C(F)(F)F. The molecule has 8 atom stereocenters. The Morgan fingerprint density at radius 3 is 1.36 bits per heavy atom. The second kappa shape index (κ2) is 19.5. The third-order valence-electron chi connectivity index (χ3n) is 16.9. The highest BCUT2D eigenvalue weighted by atomic mass is 35.5. The predicted octanol–water partition coefficient (Wildman–Crippen LogP) is 11.5. The Morgan fingerprint density at radius 2 is 1.00 bits per heavy atom. The van der Waals surface area contributed by atoms with Gasteiger partial charge in [-0.3, -0.25) is 9.59 Å². The lowest BCUT2D eigenvalue weighted by molar-refractivity contribution is -0.223. The van der Waals surface area contributed by atoms with Crippen LogP contribution in [-0.4, -0.2) is 104 Å². The average Bonchev–Trinajstić information content (AvgIpc) is 4.31. The molecule has 6 aliphatic rings. The van der Waals surface area contributed by atoms with Crippen LogP contribution in [0.25, 0.3) is 33.6 Å². The molecular formula is C52H58Cl2F6N8O8. The monoisotopic (exact) mass is 1110 g/mol. The number of ether oxygens (including phenoxy) is 4. The zero-order valence-corrected chi connectivity index (χ0v) is 44.0. The first-order valence-corrected chi connectivity index (χ1v) is 26.2. The molecule has 4 aromatic rings. The number of hydrogen-bond donors (Lipinski definition) is 4. The minimum atomic E-state index is -4.87. The smallest absolute Gasteiger partial charge is 0.407 e. The van der Waals surface area contributed by atoms with Crippen molar-refractivity contribution < 1.29 is 64.5 Å². The van der Waals surface area contributed by atoms with E-state index in [1.807, 2.05) is 12.1 Å². The van der Waals surface area contributed by atoms with Crippen molar-refractivity contribution in [3.63, 3.8) is 0 Å². The third-order valence-corrected chi connectivity index (χ3v) is 17.5. The van der Waals surface area contributed by atoms with Crippen LogP contribution in [0.4, 0.5) is 35.9 Å². The molecule has 4 fully saturated rings. The van der Waals surface area contributed by atoms with Crippen molar-refractivity contribution in [2.24, 2.45) is 22.7 Å². The van der Waals surface area contributed by atoms with Crippen LogP contribution in [-0.2, 0) is 32.3 Å². The number of H-pyrrole nitrogens is 2. The van der Waals surface area contributed by atoms with E-state index in [2.05, 4.69) is 40.0 Å². The summed E-state index contributed by atoms with van der Waals surface area (Å²) in [6, 6.07) is 0.953. The van der Waals surface area contributed by atoms with Crippen LogP contribution in [0.5, 0.6) is 11.5 Å². The number of likely N-dealkylation sites (tertiary alicyclic amines) is 2. The van der Waals surface area contributed by atoms with Gasteiger partial charge < -0.3 is 49.3 Å². The Balaban J connectivity index is 0.949. The van der Waals surface area contributed by atoms with Gasteiger partial charge in [0.25, 0.3) is 0 Å². The fourth-order valence-corrected chi connectivity index (χ4v) is 13.0. The van der Waals surface area contributed by atoms with E-state index in [0.717, 1.165) is 103 Å². The van der Waals surface area contributed by atoms with E-state index in [0.29, 0.717) is 59.7 Å². The second-order valence-corrected chi connectivity index (χ2v) is 22.7. The van der Waals surface area contributed by atoms with E-state index in [-0.39, 0.29) is 47.0 Å². The average molecular weight is 1110 g/mol. The minimum absolute atomic E-state index is 0.0287. The first-order valence-electron chi connectivity index (χ1n) is 25.4. The topological polar surface area (TPSA) is 193 Å². The second-order valence-electron chi connectivity index (χ2n) is 22.0. The number of nitrogens with zero attached hydrogens (tertiary/aromatic N) is 4. The first kappa shape index (κ1) is 53.5. The number of fused-ring (bicyclic) bond motifs is 2. The summed E-state index contributed by atoms with van der Waals surface area (Å²) in [6.45, 7) is 3.67. The molecule has 0 unspecified atom stereocenters. The van der Waals surface area contributed by atoms with Crippen molar-refractivity contribution in [1.29, 1.82) is 0 Å². The van der Waals surface area contributed by atoms with Crippen molar-refractivity contribution in [2.45, 2.75) is 154 Å². The van der Waals surface area contributed by atoms with Gasteiger partial charge in [0.1, 0.15) is 48.4 Å². The Morgan fingerprint density at radius 1 is 0.632 bits per heavy atom. The summed E-state index contributed by atoms with van der Waals surface area (Å²) in [4.78, 5) is 73.0. The highest BCUT2D eigenvalue weighted by Crippen LogP contribution is 2.54. The van der Waals surface area contributed by atoms with Crippen molar-refractivity contribution in [1.82, 2.24) is 40.4 Å². The Kier molecular flexibility index (Phi) is 13.7. The molecule has 76 heavy (non-hydrogen) atoms. The summed E-state index contributed by atoms with van der Waals surface area (Å²) in [5.41, 5.74) is -0.372. The zero-order chi connectivity index (χ0) is 54.6. The molecule has 10 rings (SSSR count). The molecule has 24 heteroatoms. The molecule has 410 valence electrons. The molecule has 2 saturated heterocycles. The molecule has 2 aromatic heterocycles. The number of carbonyl (C=O) groups excluding carboxylic acids is 4. The molecule has 0 bridgehead atoms. The summed E-state index contributed by atoms with van der Waals surface area (Å²) in [7, 11) is 2.03. The number of rotatable bonds is 10. The molecule has 0 radical (unpaired) electrons. The molecule has 6 heterocycles. The van der Waals surface area contributed by atoms with Gasteiger partial charge in [0, 0.05) is 45.5 Å². The maximum atomic E-state index is 14.6. The van der Waals surface area contributed by atoms with Gasteiger partial charge in [-0.25, -0.2) is 19.6 Å². The summed E-state index contributed by atoms with van der Waals surface area (Å²) in [5.74, 6) is -0.268. The zero-order valence-electron chi connectivity index (χ0n) is 42.5. The van der Waals surface area contributed by atoms with Gasteiger partial charge in [0.15, 0.2) is 10.3 Å². The first-order chi connectivity index (χ1) is 35.8. The van der Waals surface area contributed by atoms with Crippen LogP contribution >= 0.6 is 23.2 Å². The number of hydrogen-bond acceptors (Lipinski definition) is 10. The fraction of sp³-hybridized carbons (Fsp3) is 0.577. The van der Waals surface area contributed by atoms with Gasteiger partial charge in [-0.2, -0.15) is 26.3 Å². The van der Waals surface area contributed by atoms with Gasteiger partial charge in [-0.15, -0.1) is 0 Å². The summed E-state index contributed by atoms with van der Waals surface area (Å²) in [6.07, 6.45) is -5.30. The van der Waals surface area contributed by atoms with E-state index >= 15 is 0 Å². The summed E-state index contributed by atoms with van der Waals surface area (Å²) in [5, 5.41) is 4.50. The molecule has 16 nitrogen and oxygen atoms in total. The number of benzene rings is 2. The largest absolute Gasteiger partial charge is 0.488 e. The number of amides is 4. The lowest BCUT2D eigenvalue weighted by Crippen LogP contribution is -2.61. The summed E-state index contributed by atoms with van der Waals surface area (Å²) >= 11 is 13.8. The van der Waals surface area contributed by atoms with Crippen LogP contribution in [0.3, 0.4) is 0 Å². The lowest BCUT2D eigenvalue weighted by Gasteiger charge is -2.41. The van der Waals surface area contributed by atoms with E-state index in [1.54, 1.807) is 12.1 Å². The molecule has 2 aromatic carbocycles. The molecule has 2 saturated carbocycles.